The molecule has 0 spiro atoms. The molecule has 0 amide bonds. The summed E-state index contributed by atoms with van der Waals surface area (Å²) >= 11 is 0. The lowest BCUT2D eigenvalue weighted by molar-refractivity contribution is -0.138. The summed E-state index contributed by atoms with van der Waals surface area (Å²) in [7, 11) is 1.88. The van der Waals surface area contributed by atoms with Gasteiger partial charge in [-0.2, -0.15) is 13.2 Å². The molecule has 0 unspecified atom stereocenters. The van der Waals surface area contributed by atoms with Crippen molar-refractivity contribution < 1.29 is 26.7 Å². The number of ketones is 1. The van der Waals surface area contributed by atoms with Crippen molar-refractivity contribution >= 4 is 5.78 Å². The summed E-state index contributed by atoms with van der Waals surface area (Å²) in [5, 5.41) is 10.4. The molecular weight excluding hydrogens is 575 g/mol. The summed E-state index contributed by atoms with van der Waals surface area (Å²) in [6, 6.07) is 10.9. The van der Waals surface area contributed by atoms with Crippen LogP contribution in [0.15, 0.2) is 49.1 Å². The number of hydrogen-bond donors (Lipinski definition) is 1. The van der Waals surface area contributed by atoms with Crippen LogP contribution in [0, 0.1) is 12.8 Å². The molecule has 4 rings (SSSR count). The van der Waals surface area contributed by atoms with E-state index in [1.807, 2.05) is 32.2 Å². The summed E-state index contributed by atoms with van der Waals surface area (Å²) in [6.07, 6.45) is 2.73. The average Bonchev–Trinajstić information content (AvgIpc) is 3.41. The van der Waals surface area contributed by atoms with Crippen molar-refractivity contribution in [3.8, 4) is 0 Å². The van der Waals surface area contributed by atoms with Crippen LogP contribution in [0.5, 0.6) is 0 Å². The van der Waals surface area contributed by atoms with Gasteiger partial charge in [0.15, 0.2) is 5.78 Å². The van der Waals surface area contributed by atoms with E-state index in [-0.39, 0.29) is 41.2 Å². The number of hydrogen-bond acceptors (Lipinski definition) is 4. The minimum Gasteiger partial charge on any atom is -0.323 e. The molecule has 1 heterocycles. The molecule has 1 aromatic heterocycles. The van der Waals surface area contributed by atoms with Gasteiger partial charge in [0.2, 0.25) is 6.43 Å². The maximum Gasteiger partial charge on any atom is 0.416 e. The third-order valence-corrected chi connectivity index (χ3v) is 7.87. The van der Waals surface area contributed by atoms with Gasteiger partial charge >= 0.3 is 6.18 Å². The molecule has 10 heteroatoms. The standard InChI is InChI=1S/C17H22F3NO.C14H20F2.C3H5N3/c1-4-13-14(11(2)22)8-12(9-15(13)17(18,19)20)10-21-16(3)6-5-7-16;1-3-5-12(10-14(15)16)9-13-7-4-6-11(2)8-13;1-6-2-4-5-3-6/h8-9,21H,4-7,10H2,1-3H3;4,6-8,12,14H,3,5,9-10H2,1-2H3;2-3H,1H3/t;12-;/m.1./s1. The van der Waals surface area contributed by atoms with Gasteiger partial charge < -0.3 is 9.88 Å². The van der Waals surface area contributed by atoms with Gasteiger partial charge in [-0.15, -0.1) is 10.2 Å². The van der Waals surface area contributed by atoms with E-state index in [1.165, 1.54) is 24.1 Å². The number of alkyl halides is 5. The SMILES string of the molecule is CCC[C@H](Cc1cccc(C)c1)CC(F)F.CCc1c(C(C)=O)cc(CNC2(C)CCC2)cc1C(F)(F)F.Cn1cnnc1. The lowest BCUT2D eigenvalue weighted by atomic mass is 9.78. The Balaban J connectivity index is 0.000000266. The van der Waals surface area contributed by atoms with Gasteiger partial charge in [0, 0.05) is 31.1 Å². The number of rotatable bonds is 11. The molecule has 1 aliphatic rings. The van der Waals surface area contributed by atoms with E-state index in [9.17, 15) is 26.7 Å². The minimum absolute atomic E-state index is 0.0121. The largest absolute Gasteiger partial charge is 0.416 e. The van der Waals surface area contributed by atoms with Crippen molar-refractivity contribution in [2.45, 2.75) is 111 Å². The highest BCUT2D eigenvalue weighted by atomic mass is 19.4. The zero-order chi connectivity index (χ0) is 32.9. The Hall–Kier alpha value is -3.14. The first-order valence-corrected chi connectivity index (χ1v) is 15.3. The summed E-state index contributed by atoms with van der Waals surface area (Å²) in [4.78, 5) is 11.7. The monoisotopic (exact) mass is 622 g/mol. The molecule has 244 valence electrons. The van der Waals surface area contributed by atoms with E-state index in [0.29, 0.717) is 12.1 Å². The molecule has 5 nitrogen and oxygen atoms in total. The Morgan fingerprint density at radius 1 is 1.07 bits per heavy atom. The second-order valence-electron chi connectivity index (χ2n) is 11.9. The zero-order valence-electron chi connectivity index (χ0n) is 26.8. The van der Waals surface area contributed by atoms with E-state index in [1.54, 1.807) is 30.2 Å². The van der Waals surface area contributed by atoms with Crippen LogP contribution in [0.4, 0.5) is 22.0 Å². The van der Waals surface area contributed by atoms with Crippen LogP contribution in [0.3, 0.4) is 0 Å². The molecule has 1 aliphatic carbocycles. The third-order valence-electron chi connectivity index (χ3n) is 7.87. The zero-order valence-corrected chi connectivity index (χ0v) is 26.8. The number of carbonyl (C=O) groups is 1. The second kappa shape index (κ2) is 17.4. The van der Waals surface area contributed by atoms with Crippen molar-refractivity contribution in [1.29, 1.82) is 0 Å². The van der Waals surface area contributed by atoms with Crippen LogP contribution in [-0.4, -0.2) is 32.5 Å². The number of benzene rings is 2. The molecule has 2 aromatic carbocycles. The topological polar surface area (TPSA) is 59.8 Å². The van der Waals surface area contributed by atoms with Gasteiger partial charge in [0.05, 0.1) is 5.56 Å². The highest BCUT2D eigenvalue weighted by Crippen LogP contribution is 2.36. The average molecular weight is 623 g/mol. The fourth-order valence-electron chi connectivity index (χ4n) is 5.37. The Morgan fingerprint density at radius 3 is 2.16 bits per heavy atom. The van der Waals surface area contributed by atoms with Crippen molar-refractivity contribution in [3.63, 3.8) is 0 Å². The number of nitrogens with one attached hydrogen (secondary N) is 1. The van der Waals surface area contributed by atoms with Crippen LogP contribution in [0.25, 0.3) is 0 Å². The van der Waals surface area contributed by atoms with Crippen LogP contribution < -0.4 is 5.32 Å². The van der Waals surface area contributed by atoms with Crippen molar-refractivity contribution in [2.24, 2.45) is 13.0 Å². The molecule has 0 saturated heterocycles. The number of Topliss-reactive ketones (excluding diaryl/α,β-unsaturated/α-hetero) is 1. The molecule has 1 fully saturated rings. The first-order valence-electron chi connectivity index (χ1n) is 15.3. The molecule has 1 N–H and O–H groups in total. The van der Waals surface area contributed by atoms with Gasteiger partial charge in [-0.3, -0.25) is 4.79 Å². The van der Waals surface area contributed by atoms with Crippen LogP contribution in [0.2, 0.25) is 0 Å². The molecule has 0 radical (unpaired) electrons. The Labute approximate surface area is 258 Å². The van der Waals surface area contributed by atoms with E-state index in [0.717, 1.165) is 38.5 Å². The predicted molar refractivity (Wildman–Crippen MR) is 165 cm³/mol. The Morgan fingerprint density at radius 2 is 1.73 bits per heavy atom. The van der Waals surface area contributed by atoms with Crippen molar-refractivity contribution in [3.05, 3.63) is 82.4 Å². The summed E-state index contributed by atoms with van der Waals surface area (Å²) in [5.74, 6) is -0.203. The first-order chi connectivity index (χ1) is 20.7. The van der Waals surface area contributed by atoms with Crippen LogP contribution >= 0.6 is 0 Å². The van der Waals surface area contributed by atoms with E-state index in [4.69, 9.17) is 0 Å². The highest BCUT2D eigenvalue weighted by Gasteiger charge is 2.35. The lowest BCUT2D eigenvalue weighted by Crippen LogP contribution is -2.47. The molecule has 3 aromatic rings. The smallest absolute Gasteiger partial charge is 0.323 e. The number of carbonyl (C=O) groups excluding carboxylic acids is 1. The van der Waals surface area contributed by atoms with E-state index < -0.39 is 18.2 Å². The summed E-state index contributed by atoms with van der Waals surface area (Å²) in [6.45, 7) is 9.47. The van der Waals surface area contributed by atoms with Gasteiger partial charge in [0.1, 0.15) is 12.7 Å². The molecule has 1 saturated carbocycles. The maximum absolute atomic E-state index is 13.3. The number of aryl methyl sites for hydroxylation is 2. The van der Waals surface area contributed by atoms with Crippen LogP contribution in [0.1, 0.15) is 104 Å². The normalized spacial score (nSPS) is 14.5. The first kappa shape index (κ1) is 37.0. The van der Waals surface area contributed by atoms with Gasteiger partial charge in [-0.25, -0.2) is 8.78 Å². The molecule has 44 heavy (non-hydrogen) atoms. The number of aromatic nitrogens is 3. The minimum atomic E-state index is -4.44. The number of halogens is 5. The van der Waals surface area contributed by atoms with Crippen molar-refractivity contribution in [2.75, 3.05) is 0 Å². The second-order valence-corrected chi connectivity index (χ2v) is 11.9. The maximum atomic E-state index is 13.3. The molecule has 0 aliphatic heterocycles. The highest BCUT2D eigenvalue weighted by molar-refractivity contribution is 5.96. The lowest BCUT2D eigenvalue weighted by Gasteiger charge is -2.39. The summed E-state index contributed by atoms with van der Waals surface area (Å²) < 4.78 is 66.4. The van der Waals surface area contributed by atoms with Gasteiger partial charge in [0.25, 0.3) is 0 Å². The van der Waals surface area contributed by atoms with Gasteiger partial charge in [-0.1, -0.05) is 56.5 Å². The van der Waals surface area contributed by atoms with Gasteiger partial charge in [-0.05, 0) is 87.6 Å². The third kappa shape index (κ3) is 12.5. The fourth-order valence-corrected chi connectivity index (χ4v) is 5.37. The quantitative estimate of drug-likeness (QED) is 0.171. The van der Waals surface area contributed by atoms with E-state index in [2.05, 4.69) is 35.4 Å². The van der Waals surface area contributed by atoms with E-state index >= 15 is 0 Å². The predicted octanol–water partition coefficient (Wildman–Crippen LogP) is 8.93. The molecular formula is C34H47F5N4O. The Bertz CT molecular complexity index is 1290. The molecule has 1 atom stereocenters. The number of nitrogens with zero attached hydrogens (tertiary/aromatic N) is 3. The Kier molecular flexibility index (Phi) is 14.6. The fraction of sp³-hybridized carbons (Fsp3) is 0.559. The molecule has 0 bridgehead atoms. The van der Waals surface area contributed by atoms with Crippen molar-refractivity contribution in [1.82, 2.24) is 20.1 Å². The summed E-state index contributed by atoms with van der Waals surface area (Å²) in [5.41, 5.74) is 2.51. The van der Waals surface area contributed by atoms with Crippen LogP contribution in [-0.2, 0) is 32.6 Å².